The van der Waals surface area contributed by atoms with Crippen molar-refractivity contribution in [3.8, 4) is 0 Å². The lowest BCUT2D eigenvalue weighted by atomic mass is 10.0. The molecule has 1 amide bonds. The Hall–Kier alpha value is -3.33. The first kappa shape index (κ1) is 85.7. The number of nitrogens with zero attached hydrogens (tertiary/aromatic N) is 1. The summed E-state index contributed by atoms with van der Waals surface area (Å²) in [6, 6.07) is -0.903. The molecule has 0 spiro atoms. The zero-order chi connectivity index (χ0) is 64.9. The predicted octanol–water partition coefficient (Wildman–Crippen LogP) is 23.4. The Labute approximate surface area is 551 Å². The second kappa shape index (κ2) is 67.6. The SMILES string of the molecule is CC/C=C\C/C=C\C/C=C\C/C=C\C/C=C\C/C=C\CCCCCCCCC(=O)NC(COP(=O)([O-])OCC[N+](C)(C)C)C(/C=C/CCCCCCCCCCC)OC(=O)CCCCCCCCCCCCCCCCCCC/C=C\C/C=C\CCCCC. The van der Waals surface area contributed by atoms with E-state index in [1.165, 1.54) is 167 Å². The fourth-order valence-corrected chi connectivity index (χ4v) is 11.2. The van der Waals surface area contributed by atoms with Crippen LogP contribution in [0.25, 0.3) is 0 Å². The highest BCUT2D eigenvalue weighted by atomic mass is 31.2. The number of esters is 1. The summed E-state index contributed by atoms with van der Waals surface area (Å²) in [6.45, 7) is 6.71. The minimum atomic E-state index is -4.72. The normalized spacial score (nSPS) is 14.1. The van der Waals surface area contributed by atoms with Gasteiger partial charge >= 0.3 is 5.97 Å². The Morgan fingerprint density at radius 2 is 0.719 bits per heavy atom. The quantitative estimate of drug-likeness (QED) is 0.0212. The van der Waals surface area contributed by atoms with Crippen LogP contribution in [0.3, 0.4) is 0 Å². The highest BCUT2D eigenvalue weighted by molar-refractivity contribution is 7.45. The summed E-state index contributed by atoms with van der Waals surface area (Å²) in [5.41, 5.74) is 0. The van der Waals surface area contributed by atoms with Crippen LogP contribution in [0.4, 0.5) is 0 Å². The lowest BCUT2D eigenvalue weighted by molar-refractivity contribution is -0.870. The zero-order valence-corrected chi connectivity index (χ0v) is 59.8. The van der Waals surface area contributed by atoms with E-state index in [0.717, 1.165) is 128 Å². The van der Waals surface area contributed by atoms with E-state index in [9.17, 15) is 19.0 Å². The number of quaternary nitrogens is 1. The van der Waals surface area contributed by atoms with Crippen molar-refractivity contribution < 1.29 is 37.3 Å². The Morgan fingerprint density at radius 1 is 0.404 bits per heavy atom. The first-order valence-electron chi connectivity index (χ1n) is 37.2. The first-order chi connectivity index (χ1) is 43.4. The second-order valence-corrected chi connectivity index (χ2v) is 27.5. The van der Waals surface area contributed by atoms with Gasteiger partial charge in [0, 0.05) is 12.8 Å². The maximum atomic E-state index is 13.6. The molecule has 3 atom stereocenters. The molecular formula is C79H141N2O7P. The highest BCUT2D eigenvalue weighted by Gasteiger charge is 2.27. The van der Waals surface area contributed by atoms with Crippen molar-refractivity contribution in [2.45, 2.75) is 341 Å². The van der Waals surface area contributed by atoms with E-state index >= 15 is 0 Å². The number of carbonyl (C=O) groups excluding carboxylic acids is 2. The van der Waals surface area contributed by atoms with Gasteiger partial charge in [-0.15, -0.1) is 0 Å². The topological polar surface area (TPSA) is 114 Å². The molecule has 0 aliphatic heterocycles. The molecule has 0 aromatic carbocycles. The molecule has 0 aromatic rings. The van der Waals surface area contributed by atoms with E-state index in [0.29, 0.717) is 17.4 Å². The lowest BCUT2D eigenvalue weighted by Crippen LogP contribution is -2.47. The van der Waals surface area contributed by atoms with Crippen LogP contribution in [0.2, 0.25) is 0 Å². The van der Waals surface area contributed by atoms with Gasteiger partial charge < -0.3 is 28.5 Å². The summed E-state index contributed by atoms with van der Waals surface area (Å²) in [4.78, 5) is 40.2. The predicted molar refractivity (Wildman–Crippen MR) is 385 cm³/mol. The van der Waals surface area contributed by atoms with Gasteiger partial charge in [0.05, 0.1) is 33.8 Å². The number of rotatable bonds is 67. The number of nitrogens with one attached hydrogen (secondary N) is 1. The Kier molecular flexibility index (Phi) is 65.0. The maximum Gasteiger partial charge on any atom is 0.306 e. The number of hydrogen-bond acceptors (Lipinski definition) is 7. The van der Waals surface area contributed by atoms with E-state index in [1.54, 1.807) is 0 Å². The molecule has 0 radical (unpaired) electrons. The van der Waals surface area contributed by atoms with Gasteiger partial charge in [-0.25, -0.2) is 0 Å². The van der Waals surface area contributed by atoms with Crippen molar-refractivity contribution in [1.29, 1.82) is 0 Å². The van der Waals surface area contributed by atoms with Crippen molar-refractivity contribution in [3.63, 3.8) is 0 Å². The maximum absolute atomic E-state index is 13.6. The van der Waals surface area contributed by atoms with Gasteiger partial charge in [0.2, 0.25) is 5.91 Å². The third-order valence-electron chi connectivity index (χ3n) is 16.2. The van der Waals surface area contributed by atoms with Gasteiger partial charge in [0.25, 0.3) is 7.82 Å². The van der Waals surface area contributed by atoms with Crippen LogP contribution >= 0.6 is 7.82 Å². The van der Waals surface area contributed by atoms with Gasteiger partial charge in [0.15, 0.2) is 0 Å². The molecular weight excluding hydrogens is 1120 g/mol. The molecule has 0 aliphatic rings. The smallest absolute Gasteiger partial charge is 0.306 e. The van der Waals surface area contributed by atoms with Crippen molar-refractivity contribution >= 4 is 19.7 Å². The molecule has 514 valence electrons. The minimum absolute atomic E-state index is 0.0294. The molecule has 0 heterocycles. The lowest BCUT2D eigenvalue weighted by Gasteiger charge is -2.30. The molecule has 0 aliphatic carbocycles. The van der Waals surface area contributed by atoms with Crippen LogP contribution < -0.4 is 10.2 Å². The molecule has 0 fully saturated rings. The zero-order valence-electron chi connectivity index (χ0n) is 58.9. The number of phosphoric ester groups is 1. The fourth-order valence-electron chi connectivity index (χ4n) is 10.5. The summed E-state index contributed by atoms with van der Waals surface area (Å²) in [5.74, 6) is -0.554. The van der Waals surface area contributed by atoms with E-state index in [2.05, 4.69) is 123 Å². The average molecular weight is 1260 g/mol. The molecule has 0 saturated carbocycles. The largest absolute Gasteiger partial charge is 0.756 e. The standard InChI is InChI=1S/C79H141N2O7P/c1-7-10-13-16-19-22-25-27-29-31-33-35-37-39-40-42-44-46-48-50-52-54-57-60-63-66-69-72-79(83)88-77(70-67-64-61-58-55-24-21-18-15-12-9-3)76(75-87-89(84,85)86-74-73-81(4,5)6)80-78(82)71-68-65-62-59-56-53-51-49-47-45-43-41-38-36-34-32-30-28-26-23-20-17-14-11-8-2/h11,14,19-20,22-23,27-30,34,36,41,43,47,49,67,70,76-77H,7-10,12-13,15-18,21,24-26,31-33,35,37-40,42,44-46,48,50-66,68-69,71-75H2,1-6H3,(H-,80,82,84,85)/b14-11-,22-19-,23-20-,29-27-,30-28-,36-34-,43-41-,49-47-,70-67+. The van der Waals surface area contributed by atoms with Gasteiger partial charge in [-0.3, -0.25) is 14.2 Å². The molecule has 3 unspecified atom stereocenters. The fraction of sp³-hybridized carbons (Fsp3) is 0.747. The minimum Gasteiger partial charge on any atom is -0.756 e. The van der Waals surface area contributed by atoms with E-state index < -0.39 is 26.6 Å². The van der Waals surface area contributed by atoms with E-state index in [4.69, 9.17) is 13.8 Å². The summed E-state index contributed by atoms with van der Waals surface area (Å²) < 4.78 is 30.5. The number of phosphoric acid groups is 1. The number of hydrogen-bond donors (Lipinski definition) is 1. The Morgan fingerprint density at radius 3 is 1.10 bits per heavy atom. The number of amides is 1. The third-order valence-corrected chi connectivity index (χ3v) is 17.2. The van der Waals surface area contributed by atoms with Gasteiger partial charge in [-0.05, 0) is 115 Å². The van der Waals surface area contributed by atoms with Crippen LogP contribution in [-0.4, -0.2) is 69.4 Å². The van der Waals surface area contributed by atoms with Crippen LogP contribution in [0, 0.1) is 0 Å². The monoisotopic (exact) mass is 1260 g/mol. The van der Waals surface area contributed by atoms with Crippen LogP contribution in [0.15, 0.2) is 109 Å². The van der Waals surface area contributed by atoms with Crippen molar-refractivity contribution in [2.75, 3.05) is 40.9 Å². The van der Waals surface area contributed by atoms with Crippen LogP contribution in [-0.2, 0) is 27.9 Å². The first-order valence-corrected chi connectivity index (χ1v) is 38.7. The molecule has 89 heavy (non-hydrogen) atoms. The average Bonchev–Trinajstić information content (AvgIpc) is 3.62. The van der Waals surface area contributed by atoms with Gasteiger partial charge in [0.1, 0.15) is 19.3 Å². The molecule has 0 rings (SSSR count). The van der Waals surface area contributed by atoms with Gasteiger partial charge in [-0.1, -0.05) is 310 Å². The van der Waals surface area contributed by atoms with Crippen molar-refractivity contribution in [3.05, 3.63) is 109 Å². The summed E-state index contributed by atoms with van der Waals surface area (Å²) in [5, 5.41) is 3.04. The third kappa shape index (κ3) is 68.9. The number of carbonyl (C=O) groups is 2. The van der Waals surface area contributed by atoms with E-state index in [1.807, 2.05) is 33.3 Å². The summed E-state index contributed by atoms with van der Waals surface area (Å²) in [7, 11) is 1.17. The van der Waals surface area contributed by atoms with Crippen LogP contribution in [0.1, 0.15) is 329 Å². The number of ether oxygens (including phenoxy) is 1. The number of unbranched alkanes of at least 4 members (excludes halogenated alkanes) is 35. The number of allylic oxidation sites excluding steroid dienone is 17. The second-order valence-electron chi connectivity index (χ2n) is 26.1. The molecule has 1 N–H and O–H groups in total. The molecule has 9 nitrogen and oxygen atoms in total. The molecule has 0 bridgehead atoms. The van der Waals surface area contributed by atoms with Gasteiger partial charge in [-0.2, -0.15) is 0 Å². The number of likely N-dealkylation sites (N-methyl/N-ethyl adjacent to an activating group) is 1. The molecule has 0 saturated heterocycles. The van der Waals surface area contributed by atoms with Crippen LogP contribution in [0.5, 0.6) is 0 Å². The molecule has 10 heteroatoms. The molecule has 0 aromatic heterocycles. The highest BCUT2D eigenvalue weighted by Crippen LogP contribution is 2.38. The van der Waals surface area contributed by atoms with E-state index in [-0.39, 0.29) is 24.9 Å². The Bertz CT molecular complexity index is 1890. The Balaban J connectivity index is 4.99. The summed E-state index contributed by atoms with van der Waals surface area (Å²) in [6.07, 6.45) is 93.7. The van der Waals surface area contributed by atoms with Crippen molar-refractivity contribution in [1.82, 2.24) is 5.32 Å². The van der Waals surface area contributed by atoms with Crippen molar-refractivity contribution in [2.24, 2.45) is 0 Å². The summed E-state index contributed by atoms with van der Waals surface area (Å²) >= 11 is 0.